The topological polar surface area (TPSA) is 32.3 Å². The van der Waals surface area contributed by atoms with Crippen molar-refractivity contribution in [2.75, 3.05) is 6.61 Å². The Labute approximate surface area is 94.3 Å². The highest BCUT2D eigenvalue weighted by Crippen LogP contribution is 2.09. The number of hydrogen-bond donors (Lipinski definition) is 2. The van der Waals surface area contributed by atoms with E-state index in [4.69, 9.17) is 5.11 Å². The molecular weight excluding hydrogens is 212 g/mol. The Bertz CT molecular complexity index is 322. The molecule has 2 nitrogen and oxygen atoms in total. The maximum atomic E-state index is 12.9. The summed E-state index contributed by atoms with van der Waals surface area (Å²) in [6.45, 7) is 4.30. The van der Waals surface area contributed by atoms with Crippen molar-refractivity contribution >= 4 is 0 Å². The molecule has 0 saturated carbocycles. The third-order valence-corrected chi connectivity index (χ3v) is 2.49. The van der Waals surface area contributed by atoms with Crippen molar-refractivity contribution in [2.24, 2.45) is 5.92 Å². The van der Waals surface area contributed by atoms with E-state index in [0.29, 0.717) is 12.1 Å². The molecule has 0 aliphatic rings. The van der Waals surface area contributed by atoms with E-state index in [-0.39, 0.29) is 18.6 Å². The van der Waals surface area contributed by atoms with Crippen molar-refractivity contribution < 1.29 is 13.9 Å². The first-order valence-electron chi connectivity index (χ1n) is 5.32. The second kappa shape index (κ2) is 5.92. The predicted octanol–water partition coefficient (Wildman–Crippen LogP) is 2.07. The fraction of sp³-hybridized carbons (Fsp3) is 0.500. The van der Waals surface area contributed by atoms with Crippen molar-refractivity contribution in [3.8, 4) is 0 Å². The van der Waals surface area contributed by atoms with Gasteiger partial charge in [0, 0.05) is 18.7 Å². The van der Waals surface area contributed by atoms with Gasteiger partial charge in [0.1, 0.15) is 11.6 Å². The molecule has 0 aromatic heterocycles. The fourth-order valence-electron chi connectivity index (χ4n) is 1.47. The number of nitrogens with one attached hydrogen (secondary N) is 1. The molecule has 2 N–H and O–H groups in total. The lowest BCUT2D eigenvalue weighted by Gasteiger charge is -2.19. The number of aliphatic hydroxyl groups is 1. The minimum absolute atomic E-state index is 0.00939. The molecule has 0 aliphatic heterocycles. The lowest BCUT2D eigenvalue weighted by Crippen LogP contribution is -2.36. The van der Waals surface area contributed by atoms with Crippen LogP contribution in [-0.2, 0) is 6.54 Å². The molecule has 1 aromatic rings. The Morgan fingerprint density at radius 3 is 2.19 bits per heavy atom. The largest absolute Gasteiger partial charge is 0.395 e. The molecule has 4 heteroatoms. The molecule has 0 spiro atoms. The summed E-state index contributed by atoms with van der Waals surface area (Å²) in [6, 6.07) is 3.34. The number of benzene rings is 1. The Hall–Kier alpha value is -1.00. The summed E-state index contributed by atoms with van der Waals surface area (Å²) in [5.41, 5.74) is 0.539. The first kappa shape index (κ1) is 13.1. The summed E-state index contributed by atoms with van der Waals surface area (Å²) in [5.74, 6) is -0.896. The number of hydrogen-bond acceptors (Lipinski definition) is 2. The lowest BCUT2D eigenvalue weighted by atomic mass is 10.1. The molecule has 16 heavy (non-hydrogen) atoms. The van der Waals surface area contributed by atoms with Crippen LogP contribution in [0.4, 0.5) is 8.78 Å². The molecule has 0 amide bonds. The molecule has 0 unspecified atom stereocenters. The van der Waals surface area contributed by atoms with Gasteiger partial charge in [0.15, 0.2) is 0 Å². The third kappa shape index (κ3) is 3.87. The van der Waals surface area contributed by atoms with Gasteiger partial charge in [-0.2, -0.15) is 0 Å². The van der Waals surface area contributed by atoms with E-state index in [1.165, 1.54) is 12.1 Å². The highest BCUT2D eigenvalue weighted by molar-refractivity contribution is 5.17. The average molecular weight is 229 g/mol. The van der Waals surface area contributed by atoms with Gasteiger partial charge in [0.2, 0.25) is 0 Å². The molecule has 0 fully saturated rings. The Balaban J connectivity index is 2.60. The van der Waals surface area contributed by atoms with Gasteiger partial charge in [-0.15, -0.1) is 0 Å². The van der Waals surface area contributed by atoms with Crippen molar-refractivity contribution in [2.45, 2.75) is 26.4 Å². The lowest BCUT2D eigenvalue weighted by molar-refractivity contribution is 0.210. The molecule has 0 heterocycles. The van der Waals surface area contributed by atoms with Gasteiger partial charge in [0.05, 0.1) is 6.61 Å². The standard InChI is InChI=1S/C12H17F2NO/c1-8(2)12(7-16)15-6-9-3-10(13)5-11(14)4-9/h3-5,8,12,15-16H,6-7H2,1-2H3/t12-/m1/s1. The van der Waals surface area contributed by atoms with Gasteiger partial charge >= 0.3 is 0 Å². The van der Waals surface area contributed by atoms with E-state index in [9.17, 15) is 8.78 Å². The Morgan fingerprint density at radius 2 is 1.75 bits per heavy atom. The Kier molecular flexibility index (Phi) is 4.83. The van der Waals surface area contributed by atoms with E-state index < -0.39 is 11.6 Å². The van der Waals surface area contributed by atoms with Crippen molar-refractivity contribution in [1.82, 2.24) is 5.32 Å². The second-order valence-corrected chi connectivity index (χ2v) is 4.19. The SMILES string of the molecule is CC(C)[C@@H](CO)NCc1cc(F)cc(F)c1. The van der Waals surface area contributed by atoms with Gasteiger partial charge < -0.3 is 10.4 Å². The fourth-order valence-corrected chi connectivity index (χ4v) is 1.47. The van der Waals surface area contributed by atoms with Crippen molar-refractivity contribution in [1.29, 1.82) is 0 Å². The van der Waals surface area contributed by atoms with E-state index in [0.717, 1.165) is 6.07 Å². The van der Waals surface area contributed by atoms with Crippen molar-refractivity contribution in [3.63, 3.8) is 0 Å². The van der Waals surface area contributed by atoms with Gasteiger partial charge in [-0.05, 0) is 23.6 Å². The summed E-state index contributed by atoms with van der Waals surface area (Å²) < 4.78 is 25.8. The molecule has 0 aliphatic carbocycles. The molecule has 0 radical (unpaired) electrons. The van der Waals surface area contributed by atoms with E-state index in [1.807, 2.05) is 13.8 Å². The van der Waals surface area contributed by atoms with Crippen molar-refractivity contribution in [3.05, 3.63) is 35.4 Å². The highest BCUT2D eigenvalue weighted by Gasteiger charge is 2.11. The first-order valence-corrected chi connectivity index (χ1v) is 5.32. The molecule has 1 aromatic carbocycles. The Morgan fingerprint density at radius 1 is 1.19 bits per heavy atom. The van der Waals surface area contributed by atoms with Crippen LogP contribution in [0.15, 0.2) is 18.2 Å². The van der Waals surface area contributed by atoms with E-state index >= 15 is 0 Å². The summed E-state index contributed by atoms with van der Waals surface area (Å²) in [4.78, 5) is 0. The zero-order chi connectivity index (χ0) is 12.1. The monoisotopic (exact) mass is 229 g/mol. The van der Waals surface area contributed by atoms with Crippen LogP contribution in [0.25, 0.3) is 0 Å². The van der Waals surface area contributed by atoms with E-state index in [1.54, 1.807) is 0 Å². The molecular formula is C12H17F2NO. The number of aliphatic hydroxyl groups excluding tert-OH is 1. The maximum Gasteiger partial charge on any atom is 0.126 e. The normalized spacial score (nSPS) is 13.1. The summed E-state index contributed by atoms with van der Waals surface area (Å²) in [6.07, 6.45) is 0. The van der Waals surface area contributed by atoms with Gasteiger partial charge in [-0.3, -0.25) is 0 Å². The maximum absolute atomic E-state index is 12.9. The van der Waals surface area contributed by atoms with Crippen LogP contribution < -0.4 is 5.32 Å². The highest BCUT2D eigenvalue weighted by atomic mass is 19.1. The summed E-state index contributed by atoms with van der Waals surface area (Å²) in [5, 5.41) is 12.1. The number of halogens is 2. The van der Waals surface area contributed by atoms with Gasteiger partial charge in [-0.1, -0.05) is 13.8 Å². The van der Waals surface area contributed by atoms with Crippen LogP contribution in [0.2, 0.25) is 0 Å². The molecule has 90 valence electrons. The molecule has 1 atom stereocenters. The van der Waals surface area contributed by atoms with Crippen LogP contribution in [0.3, 0.4) is 0 Å². The van der Waals surface area contributed by atoms with Crippen LogP contribution >= 0.6 is 0 Å². The minimum Gasteiger partial charge on any atom is -0.395 e. The molecule has 1 rings (SSSR count). The summed E-state index contributed by atoms with van der Waals surface area (Å²) in [7, 11) is 0. The van der Waals surface area contributed by atoms with Gasteiger partial charge in [-0.25, -0.2) is 8.78 Å². The van der Waals surface area contributed by atoms with Gasteiger partial charge in [0.25, 0.3) is 0 Å². The predicted molar refractivity (Wildman–Crippen MR) is 58.9 cm³/mol. The zero-order valence-electron chi connectivity index (χ0n) is 9.50. The number of rotatable bonds is 5. The van der Waals surface area contributed by atoms with Crippen LogP contribution in [0.5, 0.6) is 0 Å². The first-order chi connectivity index (χ1) is 7.52. The average Bonchev–Trinajstić information content (AvgIpc) is 2.16. The quantitative estimate of drug-likeness (QED) is 0.810. The van der Waals surface area contributed by atoms with Crippen LogP contribution in [0, 0.1) is 17.6 Å². The third-order valence-electron chi connectivity index (χ3n) is 2.49. The zero-order valence-corrected chi connectivity index (χ0v) is 9.50. The summed E-state index contributed by atoms with van der Waals surface area (Å²) >= 11 is 0. The van der Waals surface area contributed by atoms with E-state index in [2.05, 4.69) is 5.32 Å². The van der Waals surface area contributed by atoms with Crippen LogP contribution in [0.1, 0.15) is 19.4 Å². The minimum atomic E-state index is -0.582. The smallest absolute Gasteiger partial charge is 0.126 e. The second-order valence-electron chi connectivity index (χ2n) is 4.19. The molecule has 0 bridgehead atoms. The molecule has 0 saturated heterocycles. The van der Waals surface area contributed by atoms with Crippen LogP contribution in [-0.4, -0.2) is 17.8 Å².